The highest BCUT2D eigenvalue weighted by atomic mass is 32.2. The molecule has 2 heterocycles. The third-order valence-electron chi connectivity index (χ3n) is 4.61. The van der Waals surface area contributed by atoms with E-state index in [0.717, 1.165) is 5.56 Å². The first-order valence-corrected chi connectivity index (χ1v) is 11.0. The summed E-state index contributed by atoms with van der Waals surface area (Å²) < 4.78 is 23.4. The summed E-state index contributed by atoms with van der Waals surface area (Å²) in [6, 6.07) is 13.7. The third kappa shape index (κ3) is 5.76. The predicted octanol–water partition coefficient (Wildman–Crippen LogP) is 3.67. The Kier molecular flexibility index (Phi) is 7.67. The standard InChI is InChI=1S/C23H23N3O5S/c1-15(17-6-8-20(30-3)9-7-17)32(29)23-21(5-4-11-25-23)22(28)26-18-10-12-24-19(13-18)14-31-16(2)27/h4-13,15H,14H2,1-3H3,(H,24,26,28). The topological polar surface area (TPSA) is 107 Å². The molecule has 0 bridgehead atoms. The van der Waals surface area contributed by atoms with E-state index in [1.54, 1.807) is 43.5 Å². The molecule has 2 unspecified atom stereocenters. The number of carbonyl (C=O) groups is 2. The molecule has 2 atom stereocenters. The van der Waals surface area contributed by atoms with Crippen molar-refractivity contribution in [2.24, 2.45) is 0 Å². The van der Waals surface area contributed by atoms with Crippen molar-refractivity contribution in [1.29, 1.82) is 0 Å². The minimum absolute atomic E-state index is 0.000574. The zero-order valence-electron chi connectivity index (χ0n) is 17.9. The van der Waals surface area contributed by atoms with Gasteiger partial charge in [0.1, 0.15) is 17.4 Å². The first-order chi connectivity index (χ1) is 15.4. The van der Waals surface area contributed by atoms with Gasteiger partial charge in [0.05, 0.1) is 34.4 Å². The van der Waals surface area contributed by atoms with Crippen molar-refractivity contribution in [3.05, 3.63) is 77.7 Å². The van der Waals surface area contributed by atoms with Crippen molar-refractivity contribution in [3.8, 4) is 5.75 Å². The second-order valence-corrected chi connectivity index (χ2v) is 8.53. The molecular formula is C23H23N3O5S. The van der Waals surface area contributed by atoms with Gasteiger partial charge < -0.3 is 14.8 Å². The maximum absolute atomic E-state index is 13.3. The number of hydrogen-bond donors (Lipinski definition) is 1. The van der Waals surface area contributed by atoms with Crippen LogP contribution in [0.1, 0.15) is 40.7 Å². The quantitative estimate of drug-likeness (QED) is 0.519. The first kappa shape index (κ1) is 23.1. The number of esters is 1. The Morgan fingerprint density at radius 2 is 1.84 bits per heavy atom. The molecule has 0 aliphatic heterocycles. The molecule has 1 amide bonds. The Balaban J connectivity index is 1.79. The summed E-state index contributed by atoms with van der Waals surface area (Å²) in [5, 5.41) is 2.57. The smallest absolute Gasteiger partial charge is 0.303 e. The van der Waals surface area contributed by atoms with E-state index in [9.17, 15) is 13.8 Å². The number of methoxy groups -OCH3 is 1. The molecule has 2 aromatic heterocycles. The average Bonchev–Trinajstić information content (AvgIpc) is 2.82. The number of pyridine rings is 2. The van der Waals surface area contributed by atoms with Crippen LogP contribution in [0.15, 0.2) is 66.0 Å². The van der Waals surface area contributed by atoms with Crippen LogP contribution in [0.3, 0.4) is 0 Å². The maximum Gasteiger partial charge on any atom is 0.303 e. The zero-order valence-corrected chi connectivity index (χ0v) is 18.7. The Labute approximate surface area is 188 Å². The molecule has 1 N–H and O–H groups in total. The van der Waals surface area contributed by atoms with Crippen molar-refractivity contribution >= 4 is 28.4 Å². The lowest BCUT2D eigenvalue weighted by molar-refractivity contribution is -0.142. The van der Waals surface area contributed by atoms with Crippen molar-refractivity contribution in [3.63, 3.8) is 0 Å². The van der Waals surface area contributed by atoms with E-state index < -0.39 is 27.9 Å². The largest absolute Gasteiger partial charge is 0.497 e. The molecule has 0 aliphatic carbocycles. The van der Waals surface area contributed by atoms with Crippen LogP contribution in [0.25, 0.3) is 0 Å². The monoisotopic (exact) mass is 453 g/mol. The fraction of sp³-hybridized carbons (Fsp3) is 0.217. The van der Waals surface area contributed by atoms with Crippen LogP contribution in [0.4, 0.5) is 5.69 Å². The number of rotatable bonds is 8. The summed E-state index contributed by atoms with van der Waals surface area (Å²) in [7, 11) is 0.00769. The Bertz CT molecular complexity index is 1130. The van der Waals surface area contributed by atoms with Crippen LogP contribution in [-0.2, 0) is 26.9 Å². The van der Waals surface area contributed by atoms with Gasteiger partial charge in [0.2, 0.25) is 0 Å². The second-order valence-electron chi connectivity index (χ2n) is 6.84. The summed E-state index contributed by atoms with van der Waals surface area (Å²) in [4.78, 5) is 32.3. The number of nitrogens with zero attached hydrogens (tertiary/aromatic N) is 2. The summed E-state index contributed by atoms with van der Waals surface area (Å²) in [6.45, 7) is 3.13. The minimum Gasteiger partial charge on any atom is -0.497 e. The van der Waals surface area contributed by atoms with Crippen LogP contribution in [-0.4, -0.2) is 33.2 Å². The van der Waals surface area contributed by atoms with Crippen molar-refractivity contribution in [2.45, 2.75) is 30.7 Å². The maximum atomic E-state index is 13.3. The lowest BCUT2D eigenvalue weighted by atomic mass is 10.1. The number of benzene rings is 1. The Morgan fingerprint density at radius 3 is 2.53 bits per heavy atom. The van der Waals surface area contributed by atoms with Gasteiger partial charge in [-0.15, -0.1) is 0 Å². The molecule has 0 saturated carbocycles. The highest BCUT2D eigenvalue weighted by molar-refractivity contribution is 7.85. The minimum atomic E-state index is -1.57. The van der Waals surface area contributed by atoms with Gasteiger partial charge in [-0.05, 0) is 48.9 Å². The van der Waals surface area contributed by atoms with Crippen molar-refractivity contribution in [1.82, 2.24) is 9.97 Å². The average molecular weight is 454 g/mol. The van der Waals surface area contributed by atoms with E-state index in [4.69, 9.17) is 9.47 Å². The van der Waals surface area contributed by atoms with Gasteiger partial charge in [-0.25, -0.2) is 4.98 Å². The summed E-state index contributed by atoms with van der Waals surface area (Å²) in [6.07, 6.45) is 3.01. The third-order valence-corrected chi connectivity index (χ3v) is 6.23. The van der Waals surface area contributed by atoms with Crippen molar-refractivity contribution < 1.29 is 23.3 Å². The molecule has 9 heteroatoms. The van der Waals surface area contributed by atoms with Crippen LogP contribution >= 0.6 is 0 Å². The van der Waals surface area contributed by atoms with Crippen LogP contribution < -0.4 is 10.1 Å². The molecule has 0 saturated heterocycles. The summed E-state index contributed by atoms with van der Waals surface area (Å²) in [5.41, 5.74) is 2.01. The number of carbonyl (C=O) groups excluding carboxylic acids is 2. The van der Waals surface area contributed by atoms with Crippen LogP contribution in [0.5, 0.6) is 5.75 Å². The zero-order chi connectivity index (χ0) is 23.1. The number of hydrogen-bond acceptors (Lipinski definition) is 7. The second kappa shape index (κ2) is 10.6. The van der Waals surface area contributed by atoms with Gasteiger partial charge in [-0.3, -0.25) is 18.8 Å². The molecule has 0 spiro atoms. The number of ether oxygens (including phenoxy) is 2. The number of anilines is 1. The van der Waals surface area contributed by atoms with Gasteiger partial charge in [-0.1, -0.05) is 12.1 Å². The number of nitrogens with one attached hydrogen (secondary N) is 1. The SMILES string of the molecule is COc1ccc(C(C)S(=O)c2ncccc2C(=O)Nc2ccnc(COC(C)=O)c2)cc1. The molecule has 0 aliphatic rings. The lowest BCUT2D eigenvalue weighted by Gasteiger charge is -2.15. The molecule has 0 fully saturated rings. The molecular weight excluding hydrogens is 430 g/mol. The first-order valence-electron chi connectivity index (χ1n) is 9.78. The van der Waals surface area contributed by atoms with E-state index >= 15 is 0 Å². The van der Waals surface area contributed by atoms with E-state index in [1.165, 1.54) is 19.3 Å². The Hall–Kier alpha value is -3.59. The Morgan fingerprint density at radius 1 is 1.09 bits per heavy atom. The molecule has 32 heavy (non-hydrogen) atoms. The van der Waals surface area contributed by atoms with Gasteiger partial charge >= 0.3 is 5.97 Å². The fourth-order valence-corrected chi connectivity index (χ4v) is 4.18. The fourth-order valence-electron chi connectivity index (χ4n) is 2.90. The summed E-state index contributed by atoms with van der Waals surface area (Å²) >= 11 is 0. The molecule has 3 aromatic rings. The van der Waals surface area contributed by atoms with E-state index in [0.29, 0.717) is 17.1 Å². The molecule has 1 aromatic carbocycles. The molecule has 3 rings (SSSR count). The molecule has 166 valence electrons. The number of aromatic nitrogens is 2. The number of amides is 1. The van der Waals surface area contributed by atoms with E-state index in [-0.39, 0.29) is 17.2 Å². The lowest BCUT2D eigenvalue weighted by Crippen LogP contribution is -2.17. The van der Waals surface area contributed by atoms with E-state index in [1.807, 2.05) is 19.1 Å². The van der Waals surface area contributed by atoms with Gasteiger partial charge in [0.15, 0.2) is 0 Å². The van der Waals surface area contributed by atoms with Crippen LogP contribution in [0, 0.1) is 0 Å². The van der Waals surface area contributed by atoms with Crippen molar-refractivity contribution in [2.75, 3.05) is 12.4 Å². The highest BCUT2D eigenvalue weighted by Crippen LogP contribution is 2.27. The van der Waals surface area contributed by atoms with E-state index in [2.05, 4.69) is 15.3 Å². The predicted molar refractivity (Wildman–Crippen MR) is 120 cm³/mol. The molecule has 8 nitrogen and oxygen atoms in total. The van der Waals surface area contributed by atoms with Crippen LogP contribution in [0.2, 0.25) is 0 Å². The summed E-state index contributed by atoms with van der Waals surface area (Å²) in [5.74, 6) is -0.169. The normalized spacial score (nSPS) is 12.5. The van der Waals surface area contributed by atoms with Gasteiger partial charge in [0, 0.05) is 25.0 Å². The highest BCUT2D eigenvalue weighted by Gasteiger charge is 2.23. The van der Waals surface area contributed by atoms with Gasteiger partial charge in [0.25, 0.3) is 5.91 Å². The van der Waals surface area contributed by atoms with Gasteiger partial charge in [-0.2, -0.15) is 0 Å². The molecule has 0 radical (unpaired) electrons.